The monoisotopic (exact) mass is 229 g/mol. The third kappa shape index (κ3) is 2.20. The zero-order valence-electron chi connectivity index (χ0n) is 10.3. The first-order valence-electron chi connectivity index (χ1n) is 6.49. The molecular weight excluding hydrogens is 210 g/mol. The molecule has 0 aliphatic carbocycles. The molecule has 0 aromatic carbocycles. The molecule has 0 spiro atoms. The van der Waals surface area contributed by atoms with Crippen molar-refractivity contribution in [2.75, 3.05) is 6.54 Å². The lowest BCUT2D eigenvalue weighted by molar-refractivity contribution is 0.397. The third-order valence-corrected chi connectivity index (χ3v) is 3.60. The van der Waals surface area contributed by atoms with Crippen LogP contribution in [0.1, 0.15) is 30.5 Å². The number of pyridine rings is 1. The normalized spacial score (nSPS) is 20.9. The SMILES string of the molecule is Cc1cccn2cc(CC3CCCCN3)nc12. The van der Waals surface area contributed by atoms with Crippen LogP contribution in [0.4, 0.5) is 0 Å². The molecule has 2 aromatic rings. The average molecular weight is 229 g/mol. The lowest BCUT2D eigenvalue weighted by Gasteiger charge is -2.22. The van der Waals surface area contributed by atoms with Crippen LogP contribution in [0.5, 0.6) is 0 Å². The highest BCUT2D eigenvalue weighted by Gasteiger charge is 2.14. The molecule has 1 saturated heterocycles. The molecule has 3 heterocycles. The highest BCUT2D eigenvalue weighted by atomic mass is 15.0. The van der Waals surface area contributed by atoms with Gasteiger partial charge in [0.2, 0.25) is 0 Å². The van der Waals surface area contributed by atoms with Crippen LogP contribution in [0.2, 0.25) is 0 Å². The summed E-state index contributed by atoms with van der Waals surface area (Å²) in [7, 11) is 0. The van der Waals surface area contributed by atoms with Gasteiger partial charge in [0.1, 0.15) is 5.65 Å². The average Bonchev–Trinajstić information content (AvgIpc) is 2.74. The van der Waals surface area contributed by atoms with Crippen LogP contribution in [-0.4, -0.2) is 22.0 Å². The number of hydrogen-bond acceptors (Lipinski definition) is 2. The molecule has 1 fully saturated rings. The van der Waals surface area contributed by atoms with Crippen LogP contribution >= 0.6 is 0 Å². The Labute approximate surface area is 102 Å². The summed E-state index contributed by atoms with van der Waals surface area (Å²) in [5, 5.41) is 3.58. The number of aromatic nitrogens is 2. The van der Waals surface area contributed by atoms with Gasteiger partial charge in [-0.25, -0.2) is 4.98 Å². The van der Waals surface area contributed by atoms with Gasteiger partial charge in [0, 0.05) is 24.9 Å². The Morgan fingerprint density at radius 1 is 1.47 bits per heavy atom. The Morgan fingerprint density at radius 2 is 2.41 bits per heavy atom. The second kappa shape index (κ2) is 4.49. The largest absolute Gasteiger partial charge is 0.314 e. The van der Waals surface area contributed by atoms with E-state index in [0.717, 1.165) is 18.6 Å². The van der Waals surface area contributed by atoms with Gasteiger partial charge >= 0.3 is 0 Å². The van der Waals surface area contributed by atoms with E-state index < -0.39 is 0 Å². The van der Waals surface area contributed by atoms with Crippen molar-refractivity contribution in [2.45, 2.75) is 38.6 Å². The van der Waals surface area contributed by atoms with E-state index in [1.54, 1.807) is 0 Å². The summed E-state index contributed by atoms with van der Waals surface area (Å²) in [6.45, 7) is 3.28. The molecule has 3 heteroatoms. The summed E-state index contributed by atoms with van der Waals surface area (Å²) < 4.78 is 2.13. The predicted octanol–water partition coefficient (Wildman–Crippen LogP) is 2.33. The molecule has 0 amide bonds. The van der Waals surface area contributed by atoms with Gasteiger partial charge < -0.3 is 9.72 Å². The van der Waals surface area contributed by atoms with Gasteiger partial charge in [-0.1, -0.05) is 12.5 Å². The van der Waals surface area contributed by atoms with Crippen molar-refractivity contribution in [3.05, 3.63) is 35.8 Å². The van der Waals surface area contributed by atoms with E-state index in [9.17, 15) is 0 Å². The maximum atomic E-state index is 4.73. The lowest BCUT2D eigenvalue weighted by Crippen LogP contribution is -2.35. The second-order valence-corrected chi connectivity index (χ2v) is 5.01. The first-order chi connectivity index (χ1) is 8.33. The topological polar surface area (TPSA) is 29.3 Å². The number of hydrogen-bond donors (Lipinski definition) is 1. The van der Waals surface area contributed by atoms with E-state index in [0.29, 0.717) is 6.04 Å². The molecule has 90 valence electrons. The molecule has 1 unspecified atom stereocenters. The van der Waals surface area contributed by atoms with Crippen LogP contribution in [0.15, 0.2) is 24.5 Å². The smallest absolute Gasteiger partial charge is 0.139 e. The maximum absolute atomic E-state index is 4.73. The molecule has 0 radical (unpaired) electrons. The van der Waals surface area contributed by atoms with Crippen molar-refractivity contribution in [3.8, 4) is 0 Å². The molecule has 3 nitrogen and oxygen atoms in total. The molecule has 0 bridgehead atoms. The molecule has 3 rings (SSSR count). The Kier molecular flexibility index (Phi) is 2.85. The zero-order valence-corrected chi connectivity index (χ0v) is 10.3. The quantitative estimate of drug-likeness (QED) is 0.856. The van der Waals surface area contributed by atoms with Crippen molar-refractivity contribution < 1.29 is 0 Å². The van der Waals surface area contributed by atoms with E-state index in [4.69, 9.17) is 4.98 Å². The highest BCUT2D eigenvalue weighted by molar-refractivity contribution is 5.47. The van der Waals surface area contributed by atoms with Gasteiger partial charge in [-0.3, -0.25) is 0 Å². The van der Waals surface area contributed by atoms with Gasteiger partial charge in [-0.05, 0) is 37.9 Å². The molecular formula is C14H19N3. The van der Waals surface area contributed by atoms with Crippen LogP contribution in [0.3, 0.4) is 0 Å². The standard InChI is InChI=1S/C14H19N3/c1-11-5-4-8-17-10-13(16-14(11)17)9-12-6-2-3-7-15-12/h4-5,8,10,12,15H,2-3,6-7,9H2,1H3. The second-order valence-electron chi connectivity index (χ2n) is 5.01. The van der Waals surface area contributed by atoms with Crippen molar-refractivity contribution >= 4 is 5.65 Å². The summed E-state index contributed by atoms with van der Waals surface area (Å²) in [6, 6.07) is 4.81. The number of nitrogens with one attached hydrogen (secondary N) is 1. The van der Waals surface area contributed by atoms with Crippen molar-refractivity contribution in [3.63, 3.8) is 0 Å². The number of imidazole rings is 1. The molecule has 2 aromatic heterocycles. The predicted molar refractivity (Wildman–Crippen MR) is 69.3 cm³/mol. The van der Waals surface area contributed by atoms with Crippen molar-refractivity contribution in [1.82, 2.24) is 14.7 Å². The van der Waals surface area contributed by atoms with Crippen molar-refractivity contribution in [2.24, 2.45) is 0 Å². The Hall–Kier alpha value is -1.35. The van der Waals surface area contributed by atoms with E-state index in [2.05, 4.69) is 41.2 Å². The van der Waals surface area contributed by atoms with E-state index >= 15 is 0 Å². The molecule has 1 N–H and O–H groups in total. The van der Waals surface area contributed by atoms with Crippen molar-refractivity contribution in [1.29, 1.82) is 0 Å². The first-order valence-corrected chi connectivity index (χ1v) is 6.49. The fraction of sp³-hybridized carbons (Fsp3) is 0.500. The Balaban J connectivity index is 1.83. The maximum Gasteiger partial charge on any atom is 0.139 e. The number of rotatable bonds is 2. The summed E-state index contributed by atoms with van der Waals surface area (Å²) in [4.78, 5) is 4.73. The van der Waals surface area contributed by atoms with Gasteiger partial charge in [-0.2, -0.15) is 0 Å². The molecule has 0 saturated carbocycles. The summed E-state index contributed by atoms with van der Waals surface area (Å²) in [5.74, 6) is 0. The minimum Gasteiger partial charge on any atom is -0.314 e. The minimum absolute atomic E-state index is 0.619. The molecule has 17 heavy (non-hydrogen) atoms. The van der Waals surface area contributed by atoms with Gasteiger partial charge in [0.25, 0.3) is 0 Å². The summed E-state index contributed by atoms with van der Waals surface area (Å²) in [5.41, 5.74) is 3.55. The van der Waals surface area contributed by atoms with Crippen LogP contribution < -0.4 is 5.32 Å². The summed E-state index contributed by atoms with van der Waals surface area (Å²) >= 11 is 0. The number of aryl methyl sites for hydroxylation is 1. The van der Waals surface area contributed by atoms with E-state index in [-0.39, 0.29) is 0 Å². The third-order valence-electron chi connectivity index (χ3n) is 3.60. The van der Waals surface area contributed by atoms with E-state index in [1.807, 2.05) is 0 Å². The van der Waals surface area contributed by atoms with Gasteiger partial charge in [-0.15, -0.1) is 0 Å². The highest BCUT2D eigenvalue weighted by Crippen LogP contribution is 2.14. The van der Waals surface area contributed by atoms with Crippen LogP contribution in [-0.2, 0) is 6.42 Å². The van der Waals surface area contributed by atoms with Crippen LogP contribution in [0, 0.1) is 6.92 Å². The molecule has 1 aliphatic heterocycles. The Morgan fingerprint density at radius 3 is 3.18 bits per heavy atom. The fourth-order valence-corrected chi connectivity index (χ4v) is 2.65. The minimum atomic E-state index is 0.619. The van der Waals surface area contributed by atoms with Crippen LogP contribution in [0.25, 0.3) is 5.65 Å². The Bertz CT molecular complexity index is 509. The molecule has 1 aliphatic rings. The molecule has 1 atom stereocenters. The number of fused-ring (bicyclic) bond motifs is 1. The fourth-order valence-electron chi connectivity index (χ4n) is 2.65. The summed E-state index contributed by atoms with van der Waals surface area (Å²) in [6.07, 6.45) is 9.25. The number of piperidine rings is 1. The first kappa shape index (κ1) is 10.8. The van der Waals surface area contributed by atoms with Gasteiger partial charge in [0.15, 0.2) is 0 Å². The van der Waals surface area contributed by atoms with Gasteiger partial charge in [0.05, 0.1) is 5.69 Å². The number of nitrogens with zero attached hydrogens (tertiary/aromatic N) is 2. The lowest BCUT2D eigenvalue weighted by atomic mass is 10.0. The van der Waals surface area contributed by atoms with E-state index in [1.165, 1.54) is 30.5 Å². The zero-order chi connectivity index (χ0) is 11.7.